The summed E-state index contributed by atoms with van der Waals surface area (Å²) < 4.78 is 16.8. The van der Waals surface area contributed by atoms with Gasteiger partial charge in [-0.15, -0.1) is 0 Å². The summed E-state index contributed by atoms with van der Waals surface area (Å²) in [4.78, 5) is 38.1. The Bertz CT molecular complexity index is 1510. The molecule has 0 aromatic carbocycles. The predicted octanol–water partition coefficient (Wildman–Crippen LogP) is 18.6. The summed E-state index contributed by atoms with van der Waals surface area (Å²) >= 11 is 0. The molecule has 0 radical (unpaired) electrons. The molecule has 0 spiro atoms. The maximum absolute atomic E-state index is 12.8. The third-order valence-electron chi connectivity index (χ3n) is 11.1. The van der Waals surface area contributed by atoms with E-state index in [1.54, 1.807) is 0 Å². The number of unbranched alkanes of at least 4 members (excludes halogenated alkanes) is 15. The average Bonchev–Trinajstić information content (AvgIpc) is 3.35. The Balaban J connectivity index is 4.55. The van der Waals surface area contributed by atoms with Gasteiger partial charge in [0.1, 0.15) is 13.2 Å². The summed E-state index contributed by atoms with van der Waals surface area (Å²) in [6.45, 7) is 6.32. The summed E-state index contributed by atoms with van der Waals surface area (Å²) in [5, 5.41) is 0. The van der Waals surface area contributed by atoms with Crippen LogP contribution in [0.3, 0.4) is 0 Å². The van der Waals surface area contributed by atoms with Crippen LogP contribution < -0.4 is 0 Å². The molecule has 0 amide bonds. The van der Waals surface area contributed by atoms with Crippen LogP contribution in [-0.2, 0) is 28.6 Å². The second kappa shape index (κ2) is 56.1. The summed E-state index contributed by atoms with van der Waals surface area (Å²) in [5.41, 5.74) is 0. The monoisotopic (exact) mass is 953 g/mol. The number of hydrogen-bond donors (Lipinski definition) is 0. The van der Waals surface area contributed by atoms with Crippen LogP contribution in [0.15, 0.2) is 134 Å². The molecule has 1 atom stereocenters. The standard InChI is InChI=1S/C63H100O6/c1-4-7-10-13-16-19-22-25-27-29-31-33-35-38-41-44-47-50-53-56-62(65)68-59-60(58-67-61(64)55-52-49-46-43-40-37-24-21-18-15-12-9-6-3)69-63(66)57-54-51-48-45-42-39-36-34-32-30-28-26-23-20-17-14-11-8-5-2/h7-8,10-11,16-17,19-20,25-28,31-34,37-42,60H,4-6,9,12-15,18,21-24,29-30,35-36,43-59H2,1-3H3/b10-7-,11-8-,19-16-,20-17-,27-25-,28-26-,33-31-,34-32-,40-37-,41-38-,42-39-. The third kappa shape index (κ3) is 54.4. The van der Waals surface area contributed by atoms with Gasteiger partial charge in [-0.1, -0.05) is 206 Å². The normalized spacial score (nSPS) is 13.1. The number of ether oxygens (including phenoxy) is 3. The Kier molecular flexibility index (Phi) is 52.5. The van der Waals surface area contributed by atoms with E-state index in [0.717, 1.165) is 141 Å². The van der Waals surface area contributed by atoms with Crippen molar-refractivity contribution in [3.05, 3.63) is 134 Å². The van der Waals surface area contributed by atoms with Gasteiger partial charge in [-0.3, -0.25) is 14.4 Å². The van der Waals surface area contributed by atoms with E-state index in [1.807, 2.05) is 0 Å². The van der Waals surface area contributed by atoms with Crippen LogP contribution in [-0.4, -0.2) is 37.2 Å². The number of rotatable bonds is 48. The molecule has 0 heterocycles. The maximum Gasteiger partial charge on any atom is 0.306 e. The topological polar surface area (TPSA) is 78.9 Å². The van der Waals surface area contributed by atoms with Gasteiger partial charge in [-0.25, -0.2) is 0 Å². The lowest BCUT2D eigenvalue weighted by molar-refractivity contribution is -0.167. The number of hydrogen-bond acceptors (Lipinski definition) is 6. The lowest BCUT2D eigenvalue weighted by Gasteiger charge is -2.18. The van der Waals surface area contributed by atoms with Crippen LogP contribution in [0.25, 0.3) is 0 Å². The van der Waals surface area contributed by atoms with E-state index in [0.29, 0.717) is 19.3 Å². The van der Waals surface area contributed by atoms with Gasteiger partial charge < -0.3 is 14.2 Å². The molecule has 0 saturated carbocycles. The zero-order valence-electron chi connectivity index (χ0n) is 44.3. The molecule has 0 aliphatic heterocycles. The summed E-state index contributed by atoms with van der Waals surface area (Å²) in [6.07, 6.45) is 78.6. The van der Waals surface area contributed by atoms with Crippen LogP contribution in [0.5, 0.6) is 0 Å². The zero-order valence-corrected chi connectivity index (χ0v) is 44.3. The van der Waals surface area contributed by atoms with Crippen molar-refractivity contribution in [1.29, 1.82) is 0 Å². The van der Waals surface area contributed by atoms with Crippen molar-refractivity contribution in [1.82, 2.24) is 0 Å². The van der Waals surface area contributed by atoms with Crippen molar-refractivity contribution in [3.8, 4) is 0 Å². The Hall–Kier alpha value is -4.45. The van der Waals surface area contributed by atoms with Crippen molar-refractivity contribution >= 4 is 17.9 Å². The molecule has 69 heavy (non-hydrogen) atoms. The highest BCUT2D eigenvalue weighted by molar-refractivity contribution is 5.71. The van der Waals surface area contributed by atoms with Crippen LogP contribution in [0, 0.1) is 0 Å². The Morgan fingerprint density at radius 2 is 0.565 bits per heavy atom. The largest absolute Gasteiger partial charge is 0.462 e. The molecule has 0 saturated heterocycles. The van der Waals surface area contributed by atoms with Crippen LogP contribution in [0.2, 0.25) is 0 Å². The highest BCUT2D eigenvalue weighted by atomic mass is 16.6. The van der Waals surface area contributed by atoms with Crippen molar-refractivity contribution in [3.63, 3.8) is 0 Å². The van der Waals surface area contributed by atoms with E-state index in [-0.39, 0.29) is 37.5 Å². The van der Waals surface area contributed by atoms with Gasteiger partial charge in [0.2, 0.25) is 0 Å². The van der Waals surface area contributed by atoms with Crippen LogP contribution in [0.4, 0.5) is 0 Å². The fraction of sp³-hybridized carbons (Fsp3) is 0.603. The van der Waals surface area contributed by atoms with E-state index >= 15 is 0 Å². The molecule has 0 bridgehead atoms. The zero-order chi connectivity index (χ0) is 50.0. The smallest absolute Gasteiger partial charge is 0.306 e. The van der Waals surface area contributed by atoms with Gasteiger partial charge in [0.25, 0.3) is 0 Å². The fourth-order valence-electron chi connectivity index (χ4n) is 7.02. The Labute approximate surface area is 424 Å². The first kappa shape index (κ1) is 64.5. The molecule has 0 aromatic heterocycles. The first-order valence-corrected chi connectivity index (χ1v) is 27.7. The fourth-order valence-corrected chi connectivity index (χ4v) is 7.02. The second-order valence-electron chi connectivity index (χ2n) is 17.7. The maximum atomic E-state index is 12.8. The lowest BCUT2D eigenvalue weighted by Crippen LogP contribution is -2.30. The van der Waals surface area contributed by atoms with Gasteiger partial charge in [-0.05, 0) is 135 Å². The second-order valence-corrected chi connectivity index (χ2v) is 17.7. The van der Waals surface area contributed by atoms with Crippen LogP contribution in [0.1, 0.15) is 226 Å². The Morgan fingerprint density at radius 1 is 0.304 bits per heavy atom. The van der Waals surface area contributed by atoms with E-state index in [4.69, 9.17) is 14.2 Å². The average molecular weight is 953 g/mol. The number of carbonyl (C=O) groups excluding carboxylic acids is 3. The minimum absolute atomic E-state index is 0.115. The van der Waals surface area contributed by atoms with E-state index in [9.17, 15) is 14.4 Å². The van der Waals surface area contributed by atoms with Gasteiger partial charge >= 0.3 is 17.9 Å². The highest BCUT2D eigenvalue weighted by Gasteiger charge is 2.19. The minimum Gasteiger partial charge on any atom is -0.462 e. The molecular weight excluding hydrogens is 853 g/mol. The van der Waals surface area contributed by atoms with Gasteiger partial charge in [0.15, 0.2) is 6.10 Å². The van der Waals surface area contributed by atoms with E-state index in [1.165, 1.54) is 38.5 Å². The Morgan fingerprint density at radius 3 is 0.899 bits per heavy atom. The molecule has 0 N–H and O–H groups in total. The van der Waals surface area contributed by atoms with Crippen molar-refractivity contribution in [2.24, 2.45) is 0 Å². The first-order valence-electron chi connectivity index (χ1n) is 27.7. The van der Waals surface area contributed by atoms with E-state index in [2.05, 4.69) is 154 Å². The van der Waals surface area contributed by atoms with Crippen LogP contribution >= 0.6 is 0 Å². The lowest BCUT2D eigenvalue weighted by atomic mass is 10.1. The van der Waals surface area contributed by atoms with Gasteiger partial charge in [0, 0.05) is 19.3 Å². The van der Waals surface area contributed by atoms with Gasteiger partial charge in [-0.2, -0.15) is 0 Å². The number of allylic oxidation sites excluding steroid dienone is 22. The summed E-state index contributed by atoms with van der Waals surface area (Å²) in [5.74, 6) is -1.00. The number of esters is 3. The molecule has 388 valence electrons. The van der Waals surface area contributed by atoms with Crippen molar-refractivity contribution in [2.45, 2.75) is 232 Å². The molecule has 0 rings (SSSR count). The molecule has 6 heteroatoms. The highest BCUT2D eigenvalue weighted by Crippen LogP contribution is 2.12. The quantitative estimate of drug-likeness (QED) is 0.0262. The number of carbonyl (C=O) groups is 3. The molecule has 0 fully saturated rings. The SMILES string of the molecule is CC/C=C\C/C=C\C/C=C\C/C=C\C/C=C\CCCCCC(=O)OCC(COC(=O)CCCCC/C=C\CCCCCCCC)OC(=O)CCCCC/C=C\C/C=C\C/C=C\C/C=C\C/C=C\CC. The molecule has 0 aromatic rings. The van der Waals surface area contributed by atoms with Gasteiger partial charge in [0.05, 0.1) is 0 Å². The summed E-state index contributed by atoms with van der Waals surface area (Å²) in [6, 6.07) is 0. The first-order chi connectivity index (χ1) is 34.0. The molecule has 1 unspecified atom stereocenters. The van der Waals surface area contributed by atoms with Crippen molar-refractivity contribution < 1.29 is 28.6 Å². The molecule has 0 aliphatic rings. The third-order valence-corrected chi connectivity index (χ3v) is 11.1. The molecule has 0 aliphatic carbocycles. The summed E-state index contributed by atoms with van der Waals surface area (Å²) in [7, 11) is 0. The van der Waals surface area contributed by atoms with E-state index < -0.39 is 6.10 Å². The predicted molar refractivity (Wildman–Crippen MR) is 297 cm³/mol. The molecule has 6 nitrogen and oxygen atoms in total. The van der Waals surface area contributed by atoms with Crippen molar-refractivity contribution in [2.75, 3.05) is 13.2 Å². The molecular formula is C63H100O6. The minimum atomic E-state index is -0.821.